The number of halogens is 2. The molecular formula is C18H16F2N2O3. The minimum atomic E-state index is -0.872. The standard InChI is InChI=1S/C9H6FNO3.C9H10FN/c10-7-3-5-1-2-9(12)6(5)4-8(7)11(13)14;10-8-4-6-2-1-3-7(6)5-9(8)11/h3-4H,1-2H2;4-5H,1-3,11H2. The van der Waals surface area contributed by atoms with Gasteiger partial charge in [0.2, 0.25) is 5.82 Å². The Labute approximate surface area is 142 Å². The van der Waals surface area contributed by atoms with Crippen LogP contribution in [-0.2, 0) is 19.3 Å². The molecule has 0 fully saturated rings. The number of carbonyl (C=O) groups is 1. The Balaban J connectivity index is 0.000000150. The Morgan fingerprint density at radius 1 is 0.920 bits per heavy atom. The summed E-state index contributed by atoms with van der Waals surface area (Å²) in [7, 11) is 0. The number of carbonyl (C=O) groups excluding carboxylic acids is 1. The molecule has 2 N–H and O–H groups in total. The summed E-state index contributed by atoms with van der Waals surface area (Å²) in [5.74, 6) is -1.29. The SMILES string of the molecule is Nc1cc2c(cc1F)CCC2.O=C1CCc2cc(F)c([N+](=O)[O-])cc21. The van der Waals surface area contributed by atoms with E-state index in [-0.39, 0.29) is 22.9 Å². The van der Waals surface area contributed by atoms with Gasteiger partial charge in [0.1, 0.15) is 5.82 Å². The molecule has 0 atom stereocenters. The lowest BCUT2D eigenvalue weighted by atomic mass is 10.1. The largest absolute Gasteiger partial charge is 0.396 e. The number of nitro benzene ring substituents is 1. The Bertz CT molecular complexity index is 851. The first kappa shape index (κ1) is 17.0. The zero-order valence-electron chi connectivity index (χ0n) is 13.4. The van der Waals surface area contributed by atoms with Gasteiger partial charge in [-0.05, 0) is 60.6 Å². The predicted molar refractivity (Wildman–Crippen MR) is 88.5 cm³/mol. The van der Waals surface area contributed by atoms with Crippen molar-refractivity contribution in [2.45, 2.75) is 32.1 Å². The summed E-state index contributed by atoms with van der Waals surface area (Å²) in [6, 6.07) is 5.44. The lowest BCUT2D eigenvalue weighted by Gasteiger charge is -2.01. The highest BCUT2D eigenvalue weighted by molar-refractivity contribution is 6.00. The zero-order chi connectivity index (χ0) is 18.1. The minimum Gasteiger partial charge on any atom is -0.396 e. The molecule has 130 valence electrons. The lowest BCUT2D eigenvalue weighted by Crippen LogP contribution is -1.97. The van der Waals surface area contributed by atoms with Gasteiger partial charge in [-0.2, -0.15) is 4.39 Å². The molecule has 0 bridgehead atoms. The number of anilines is 1. The van der Waals surface area contributed by atoms with Gasteiger partial charge < -0.3 is 5.73 Å². The van der Waals surface area contributed by atoms with Crippen molar-refractivity contribution in [1.29, 1.82) is 0 Å². The molecule has 0 saturated heterocycles. The van der Waals surface area contributed by atoms with E-state index in [0.717, 1.165) is 37.0 Å². The van der Waals surface area contributed by atoms with Crippen LogP contribution in [0.25, 0.3) is 0 Å². The van der Waals surface area contributed by atoms with Crippen molar-refractivity contribution in [3.05, 3.63) is 68.3 Å². The van der Waals surface area contributed by atoms with Gasteiger partial charge in [0.05, 0.1) is 10.6 Å². The van der Waals surface area contributed by atoms with E-state index in [1.807, 2.05) is 0 Å². The van der Waals surface area contributed by atoms with Gasteiger partial charge in [0, 0.05) is 18.1 Å². The first-order valence-corrected chi connectivity index (χ1v) is 7.93. The smallest absolute Gasteiger partial charge is 0.305 e. The lowest BCUT2D eigenvalue weighted by molar-refractivity contribution is -0.387. The van der Waals surface area contributed by atoms with Gasteiger partial charge in [-0.1, -0.05) is 0 Å². The molecule has 0 heterocycles. The van der Waals surface area contributed by atoms with Crippen LogP contribution in [0.4, 0.5) is 20.2 Å². The van der Waals surface area contributed by atoms with Crippen LogP contribution < -0.4 is 5.73 Å². The van der Waals surface area contributed by atoms with Crippen LogP contribution in [0, 0.1) is 21.7 Å². The summed E-state index contributed by atoms with van der Waals surface area (Å²) >= 11 is 0. The van der Waals surface area contributed by atoms with Gasteiger partial charge in [0.25, 0.3) is 0 Å². The predicted octanol–water partition coefficient (Wildman–Crippen LogP) is 3.76. The van der Waals surface area contributed by atoms with E-state index >= 15 is 0 Å². The number of nitrogens with zero attached hydrogens (tertiary/aromatic N) is 1. The second kappa shape index (κ2) is 6.58. The molecule has 4 rings (SSSR count). The zero-order valence-corrected chi connectivity index (χ0v) is 13.4. The van der Waals surface area contributed by atoms with Crippen molar-refractivity contribution in [1.82, 2.24) is 0 Å². The molecule has 0 aromatic heterocycles. The molecule has 0 unspecified atom stereocenters. The normalized spacial score (nSPS) is 14.6. The maximum Gasteiger partial charge on any atom is 0.305 e. The van der Waals surface area contributed by atoms with Gasteiger partial charge >= 0.3 is 5.69 Å². The molecular weight excluding hydrogens is 330 g/mol. The number of ketones is 1. The molecule has 0 radical (unpaired) electrons. The van der Waals surface area contributed by atoms with Gasteiger partial charge in [-0.15, -0.1) is 0 Å². The van der Waals surface area contributed by atoms with Gasteiger partial charge in [-0.25, -0.2) is 4.39 Å². The van der Waals surface area contributed by atoms with E-state index in [1.165, 1.54) is 5.56 Å². The molecule has 2 aromatic rings. The molecule has 0 aliphatic heterocycles. The highest BCUT2D eigenvalue weighted by Gasteiger charge is 2.25. The number of Topliss-reactive ketones (excluding diaryl/α,β-unsaturated/α-hetero) is 1. The van der Waals surface area contributed by atoms with E-state index in [2.05, 4.69) is 0 Å². The minimum absolute atomic E-state index is 0.150. The molecule has 2 aromatic carbocycles. The van der Waals surface area contributed by atoms with E-state index in [4.69, 9.17) is 5.73 Å². The maximum absolute atomic E-state index is 13.1. The summed E-state index contributed by atoms with van der Waals surface area (Å²) in [6.45, 7) is 0. The monoisotopic (exact) mass is 346 g/mol. The van der Waals surface area contributed by atoms with E-state index in [0.29, 0.717) is 18.4 Å². The number of hydrogen-bond acceptors (Lipinski definition) is 4. The van der Waals surface area contributed by atoms with Crippen molar-refractivity contribution in [2.75, 3.05) is 5.73 Å². The van der Waals surface area contributed by atoms with Crippen molar-refractivity contribution in [3.8, 4) is 0 Å². The highest BCUT2D eigenvalue weighted by Crippen LogP contribution is 2.28. The number of hydrogen-bond donors (Lipinski definition) is 1. The second-order valence-corrected chi connectivity index (χ2v) is 6.14. The molecule has 0 amide bonds. The van der Waals surface area contributed by atoms with Crippen LogP contribution in [-0.4, -0.2) is 10.7 Å². The Hall–Kier alpha value is -2.83. The third-order valence-electron chi connectivity index (χ3n) is 4.50. The second-order valence-electron chi connectivity index (χ2n) is 6.14. The van der Waals surface area contributed by atoms with Crippen LogP contribution in [0.2, 0.25) is 0 Å². The molecule has 2 aliphatic carbocycles. The average Bonchev–Trinajstić information content (AvgIpc) is 3.14. The number of nitro groups is 1. The number of nitrogen functional groups attached to an aromatic ring is 1. The van der Waals surface area contributed by atoms with Crippen molar-refractivity contribution >= 4 is 17.2 Å². The van der Waals surface area contributed by atoms with Crippen LogP contribution in [0.5, 0.6) is 0 Å². The fourth-order valence-electron chi connectivity index (χ4n) is 3.21. The first-order valence-electron chi connectivity index (χ1n) is 7.93. The van der Waals surface area contributed by atoms with Crippen LogP contribution in [0.15, 0.2) is 24.3 Å². The molecule has 25 heavy (non-hydrogen) atoms. The number of aryl methyl sites for hydroxylation is 3. The summed E-state index contributed by atoms with van der Waals surface area (Å²) < 4.78 is 25.9. The van der Waals surface area contributed by atoms with E-state index in [1.54, 1.807) is 12.1 Å². The number of rotatable bonds is 1. The summed E-state index contributed by atoms with van der Waals surface area (Å²) in [6.07, 6.45) is 3.99. The van der Waals surface area contributed by atoms with E-state index < -0.39 is 16.4 Å². The fraction of sp³-hybridized carbons (Fsp3) is 0.278. The number of benzene rings is 2. The molecule has 2 aliphatic rings. The van der Waals surface area contributed by atoms with Crippen molar-refractivity contribution in [2.24, 2.45) is 0 Å². The summed E-state index contributed by atoms with van der Waals surface area (Å²) in [5, 5.41) is 10.4. The van der Waals surface area contributed by atoms with Crippen molar-refractivity contribution in [3.63, 3.8) is 0 Å². The quantitative estimate of drug-likeness (QED) is 0.484. The molecule has 0 saturated carbocycles. The number of nitrogens with two attached hydrogens (primary N) is 1. The highest BCUT2D eigenvalue weighted by atomic mass is 19.1. The third-order valence-corrected chi connectivity index (χ3v) is 4.50. The number of fused-ring (bicyclic) bond motifs is 2. The van der Waals surface area contributed by atoms with Gasteiger partial charge in [0.15, 0.2) is 5.78 Å². The molecule has 0 spiro atoms. The first-order chi connectivity index (χ1) is 11.9. The Morgan fingerprint density at radius 2 is 1.56 bits per heavy atom. The Kier molecular flexibility index (Phi) is 4.48. The van der Waals surface area contributed by atoms with Crippen LogP contribution in [0.3, 0.4) is 0 Å². The van der Waals surface area contributed by atoms with Crippen LogP contribution >= 0.6 is 0 Å². The average molecular weight is 346 g/mol. The fourth-order valence-corrected chi connectivity index (χ4v) is 3.21. The summed E-state index contributed by atoms with van der Waals surface area (Å²) in [5.41, 5.74) is 8.29. The summed E-state index contributed by atoms with van der Waals surface area (Å²) in [4.78, 5) is 20.8. The third kappa shape index (κ3) is 3.35. The topological polar surface area (TPSA) is 86.2 Å². The maximum atomic E-state index is 13.1. The van der Waals surface area contributed by atoms with E-state index in [9.17, 15) is 23.7 Å². The van der Waals surface area contributed by atoms with Crippen molar-refractivity contribution < 1.29 is 18.5 Å². The van der Waals surface area contributed by atoms with Gasteiger partial charge in [-0.3, -0.25) is 14.9 Å². The van der Waals surface area contributed by atoms with Crippen LogP contribution in [0.1, 0.15) is 39.9 Å². The Morgan fingerprint density at radius 3 is 2.24 bits per heavy atom. The molecule has 7 heteroatoms. The molecule has 5 nitrogen and oxygen atoms in total.